The van der Waals surface area contributed by atoms with Gasteiger partial charge in [-0.05, 0) is 48.7 Å². The number of nitrogens with zero attached hydrogens (tertiary/aromatic N) is 3. The second kappa shape index (κ2) is 7.60. The molecule has 2 aliphatic rings. The summed E-state index contributed by atoms with van der Waals surface area (Å²) in [6.07, 6.45) is 5.76. The third-order valence-electron chi connectivity index (χ3n) is 5.53. The summed E-state index contributed by atoms with van der Waals surface area (Å²) in [6.45, 7) is 3.33. The number of likely N-dealkylation sites (tertiary alicyclic amines) is 1. The molecule has 0 aliphatic carbocycles. The number of hydrogen-bond acceptors (Lipinski definition) is 5. The van der Waals surface area contributed by atoms with E-state index in [1.165, 1.54) is 24.0 Å². The molecule has 2 aromatic carbocycles. The zero-order chi connectivity index (χ0) is 18.8. The van der Waals surface area contributed by atoms with E-state index >= 15 is 0 Å². The van der Waals surface area contributed by atoms with Gasteiger partial charge in [-0.15, -0.1) is 0 Å². The maximum absolute atomic E-state index is 5.78. The molecule has 0 bridgehead atoms. The molecule has 3 aromatic rings. The molecule has 0 spiro atoms. The molecule has 5 rings (SSSR count). The highest BCUT2D eigenvalue weighted by Crippen LogP contribution is 2.38. The molecule has 0 N–H and O–H groups in total. The fourth-order valence-electron chi connectivity index (χ4n) is 4.14. The topological polar surface area (TPSA) is 47.5 Å². The van der Waals surface area contributed by atoms with Crippen LogP contribution in [0, 0.1) is 0 Å². The molecule has 0 saturated carbocycles. The van der Waals surface area contributed by atoms with Crippen molar-refractivity contribution in [2.45, 2.75) is 25.4 Å². The van der Waals surface area contributed by atoms with E-state index in [2.05, 4.69) is 57.3 Å². The Labute approximate surface area is 165 Å². The van der Waals surface area contributed by atoms with Crippen molar-refractivity contribution in [3.63, 3.8) is 0 Å². The van der Waals surface area contributed by atoms with Gasteiger partial charge in [-0.1, -0.05) is 30.3 Å². The van der Waals surface area contributed by atoms with Crippen molar-refractivity contribution in [2.75, 3.05) is 19.8 Å². The van der Waals surface area contributed by atoms with Crippen LogP contribution in [-0.4, -0.2) is 34.6 Å². The summed E-state index contributed by atoms with van der Waals surface area (Å²) in [4.78, 5) is 10.9. The molecule has 0 amide bonds. The first-order chi connectivity index (χ1) is 13.9. The normalized spacial score (nSPS) is 18.9. The Morgan fingerprint density at radius 2 is 1.82 bits per heavy atom. The molecule has 1 atom stereocenters. The van der Waals surface area contributed by atoms with Crippen LogP contribution in [0.5, 0.6) is 11.5 Å². The SMILES string of the molecule is c1cc(-c2ccc(CN3CCC[C@H]3c3ccc4c(c3)OCCO4)cc2)ncn1. The fourth-order valence-corrected chi connectivity index (χ4v) is 4.14. The molecular formula is C23H23N3O2. The average Bonchev–Trinajstić information content (AvgIpc) is 3.23. The molecule has 2 aliphatic heterocycles. The highest BCUT2D eigenvalue weighted by atomic mass is 16.6. The summed E-state index contributed by atoms with van der Waals surface area (Å²) in [5.74, 6) is 1.74. The van der Waals surface area contributed by atoms with Gasteiger partial charge in [-0.25, -0.2) is 9.97 Å². The highest BCUT2D eigenvalue weighted by Gasteiger charge is 2.27. The van der Waals surface area contributed by atoms with Gasteiger partial charge in [-0.2, -0.15) is 0 Å². The van der Waals surface area contributed by atoms with Gasteiger partial charge in [0.15, 0.2) is 11.5 Å². The van der Waals surface area contributed by atoms with Gasteiger partial charge >= 0.3 is 0 Å². The summed E-state index contributed by atoms with van der Waals surface area (Å²) in [5, 5.41) is 0. The lowest BCUT2D eigenvalue weighted by Gasteiger charge is -2.26. The lowest BCUT2D eigenvalue weighted by molar-refractivity contribution is 0.170. The first-order valence-corrected chi connectivity index (χ1v) is 9.86. The molecule has 0 radical (unpaired) electrons. The molecular weight excluding hydrogens is 350 g/mol. The average molecular weight is 373 g/mol. The minimum atomic E-state index is 0.428. The molecule has 3 heterocycles. The van der Waals surface area contributed by atoms with Crippen LogP contribution in [0.15, 0.2) is 61.1 Å². The Morgan fingerprint density at radius 3 is 2.64 bits per heavy atom. The summed E-state index contributed by atoms with van der Waals surface area (Å²) in [7, 11) is 0. The third kappa shape index (κ3) is 3.45. The zero-order valence-corrected chi connectivity index (χ0v) is 15.8. The van der Waals surface area contributed by atoms with E-state index in [0.29, 0.717) is 19.3 Å². The second-order valence-electron chi connectivity index (χ2n) is 7.32. The molecule has 1 saturated heterocycles. The minimum Gasteiger partial charge on any atom is -0.486 e. The largest absolute Gasteiger partial charge is 0.486 e. The second-order valence-corrected chi connectivity index (χ2v) is 7.32. The smallest absolute Gasteiger partial charge is 0.161 e. The fraction of sp³-hybridized carbons (Fsp3) is 0.304. The molecule has 5 nitrogen and oxygen atoms in total. The quantitative estimate of drug-likeness (QED) is 0.684. The minimum absolute atomic E-state index is 0.428. The predicted molar refractivity (Wildman–Crippen MR) is 107 cm³/mol. The summed E-state index contributed by atoms with van der Waals surface area (Å²) in [5.41, 5.74) is 4.72. The summed E-state index contributed by atoms with van der Waals surface area (Å²) >= 11 is 0. The van der Waals surface area contributed by atoms with E-state index in [1.54, 1.807) is 12.5 Å². The molecule has 0 unspecified atom stereocenters. The van der Waals surface area contributed by atoms with Crippen LogP contribution in [0.3, 0.4) is 0 Å². The standard InChI is InChI=1S/C23H23N3O2/c1-2-21(19-7-8-22-23(14-19)28-13-12-27-22)26(11-1)15-17-3-5-18(6-4-17)20-9-10-24-16-25-20/h3-10,14,16,21H,1-2,11-13,15H2/t21-/m0/s1. The van der Waals surface area contributed by atoms with E-state index in [-0.39, 0.29) is 0 Å². The van der Waals surface area contributed by atoms with Gasteiger partial charge in [0.1, 0.15) is 19.5 Å². The Kier molecular flexibility index (Phi) is 4.67. The number of aromatic nitrogens is 2. The van der Waals surface area contributed by atoms with Crippen molar-refractivity contribution in [3.8, 4) is 22.8 Å². The highest BCUT2D eigenvalue weighted by molar-refractivity contribution is 5.58. The molecule has 5 heteroatoms. The zero-order valence-electron chi connectivity index (χ0n) is 15.8. The first-order valence-electron chi connectivity index (χ1n) is 9.86. The van der Waals surface area contributed by atoms with Crippen molar-refractivity contribution in [3.05, 3.63) is 72.2 Å². The van der Waals surface area contributed by atoms with E-state index < -0.39 is 0 Å². The third-order valence-corrected chi connectivity index (χ3v) is 5.53. The van der Waals surface area contributed by atoms with Gasteiger partial charge in [0, 0.05) is 24.3 Å². The maximum atomic E-state index is 5.78. The van der Waals surface area contributed by atoms with Crippen LogP contribution in [0.4, 0.5) is 0 Å². The van der Waals surface area contributed by atoms with E-state index in [4.69, 9.17) is 9.47 Å². The van der Waals surface area contributed by atoms with Crippen molar-refractivity contribution in [1.29, 1.82) is 0 Å². The monoisotopic (exact) mass is 373 g/mol. The first kappa shape index (κ1) is 17.2. The number of benzene rings is 2. The van der Waals surface area contributed by atoms with Crippen LogP contribution < -0.4 is 9.47 Å². The number of rotatable bonds is 4. The Balaban J connectivity index is 1.32. The van der Waals surface area contributed by atoms with Crippen molar-refractivity contribution >= 4 is 0 Å². The van der Waals surface area contributed by atoms with E-state index in [9.17, 15) is 0 Å². The van der Waals surface area contributed by atoms with Crippen LogP contribution in [0.25, 0.3) is 11.3 Å². The van der Waals surface area contributed by atoms with Crippen LogP contribution in [0.1, 0.15) is 30.0 Å². The summed E-state index contributed by atoms with van der Waals surface area (Å²) in [6, 6.07) is 17.5. The van der Waals surface area contributed by atoms with Gasteiger partial charge in [0.25, 0.3) is 0 Å². The van der Waals surface area contributed by atoms with Crippen molar-refractivity contribution < 1.29 is 9.47 Å². The maximum Gasteiger partial charge on any atom is 0.161 e. The Morgan fingerprint density at radius 1 is 0.964 bits per heavy atom. The lowest BCUT2D eigenvalue weighted by Crippen LogP contribution is -2.23. The Hall–Kier alpha value is -2.92. The molecule has 1 fully saturated rings. The van der Waals surface area contributed by atoms with Crippen LogP contribution >= 0.6 is 0 Å². The molecule has 1 aromatic heterocycles. The molecule has 142 valence electrons. The predicted octanol–water partition coefficient (Wildman–Crippen LogP) is 4.25. The lowest BCUT2D eigenvalue weighted by atomic mass is 10.0. The number of ether oxygens (including phenoxy) is 2. The Bertz CT molecular complexity index is 944. The summed E-state index contributed by atoms with van der Waals surface area (Å²) < 4.78 is 11.4. The van der Waals surface area contributed by atoms with E-state index in [0.717, 1.165) is 35.8 Å². The van der Waals surface area contributed by atoms with Crippen LogP contribution in [-0.2, 0) is 6.54 Å². The van der Waals surface area contributed by atoms with Gasteiger partial charge in [-0.3, -0.25) is 4.90 Å². The van der Waals surface area contributed by atoms with Gasteiger partial charge in [0.2, 0.25) is 0 Å². The van der Waals surface area contributed by atoms with Gasteiger partial charge in [0.05, 0.1) is 5.69 Å². The van der Waals surface area contributed by atoms with Crippen molar-refractivity contribution in [1.82, 2.24) is 14.9 Å². The van der Waals surface area contributed by atoms with E-state index in [1.807, 2.05) is 6.07 Å². The van der Waals surface area contributed by atoms with Crippen molar-refractivity contribution in [2.24, 2.45) is 0 Å². The number of hydrogen-bond donors (Lipinski definition) is 0. The molecule has 28 heavy (non-hydrogen) atoms. The van der Waals surface area contributed by atoms with Crippen LogP contribution in [0.2, 0.25) is 0 Å². The number of fused-ring (bicyclic) bond motifs is 1. The van der Waals surface area contributed by atoms with Gasteiger partial charge < -0.3 is 9.47 Å².